The predicted molar refractivity (Wildman–Crippen MR) is 86.0 cm³/mol. The summed E-state index contributed by atoms with van der Waals surface area (Å²) in [7, 11) is 2.53. The smallest absolute Gasteiger partial charge is 0.208 e. The van der Waals surface area contributed by atoms with Gasteiger partial charge in [0, 0.05) is 0 Å². The van der Waals surface area contributed by atoms with Crippen LogP contribution in [0.5, 0.6) is 28.7 Å². The van der Waals surface area contributed by atoms with E-state index in [1.807, 2.05) is 0 Å². The molecule has 0 radical (unpaired) electrons. The summed E-state index contributed by atoms with van der Waals surface area (Å²) in [6, 6.07) is 5.94. The van der Waals surface area contributed by atoms with Gasteiger partial charge in [-0.2, -0.15) is 0 Å². The fourth-order valence-electron chi connectivity index (χ4n) is 2.51. The van der Waals surface area contributed by atoms with E-state index in [1.54, 1.807) is 12.1 Å². The summed E-state index contributed by atoms with van der Waals surface area (Å²) < 4.78 is 15.4. The Morgan fingerprint density at radius 3 is 2.12 bits per heavy atom. The van der Waals surface area contributed by atoms with Crippen LogP contribution in [0.1, 0.15) is 0 Å². The molecule has 7 nitrogen and oxygen atoms in total. The fraction of sp³-hybridized carbons (Fsp3) is 0.118. The van der Waals surface area contributed by atoms with E-state index < -0.39 is 16.9 Å². The molecule has 2 aromatic carbocycles. The van der Waals surface area contributed by atoms with E-state index in [1.165, 1.54) is 32.6 Å². The van der Waals surface area contributed by atoms with Gasteiger partial charge in [-0.05, 0) is 17.7 Å². The van der Waals surface area contributed by atoms with Crippen LogP contribution < -0.4 is 14.9 Å². The average molecular weight is 330 g/mol. The van der Waals surface area contributed by atoms with Crippen LogP contribution in [0.4, 0.5) is 0 Å². The van der Waals surface area contributed by atoms with Crippen LogP contribution in [0, 0.1) is 0 Å². The van der Waals surface area contributed by atoms with Crippen molar-refractivity contribution >= 4 is 11.0 Å². The normalized spacial score (nSPS) is 10.8. The number of fused-ring (bicyclic) bond motifs is 1. The fourth-order valence-corrected chi connectivity index (χ4v) is 2.51. The van der Waals surface area contributed by atoms with Crippen LogP contribution in [0.3, 0.4) is 0 Å². The molecule has 0 saturated carbocycles. The first-order chi connectivity index (χ1) is 11.5. The maximum Gasteiger partial charge on any atom is 0.208 e. The van der Waals surface area contributed by atoms with Crippen molar-refractivity contribution in [3.05, 3.63) is 40.8 Å². The van der Waals surface area contributed by atoms with Crippen molar-refractivity contribution in [3.63, 3.8) is 0 Å². The quantitative estimate of drug-likeness (QED) is 0.677. The molecule has 1 heterocycles. The zero-order valence-electron chi connectivity index (χ0n) is 12.9. The van der Waals surface area contributed by atoms with Crippen LogP contribution in [-0.2, 0) is 0 Å². The van der Waals surface area contributed by atoms with Gasteiger partial charge in [-0.3, -0.25) is 4.79 Å². The Labute approximate surface area is 135 Å². The number of ether oxygens (including phenoxy) is 2. The lowest BCUT2D eigenvalue weighted by molar-refractivity contribution is 0.323. The molecule has 24 heavy (non-hydrogen) atoms. The zero-order chi connectivity index (χ0) is 17.4. The maximum absolute atomic E-state index is 12.8. The maximum atomic E-state index is 12.8. The van der Waals surface area contributed by atoms with E-state index in [2.05, 4.69) is 0 Å². The zero-order valence-corrected chi connectivity index (χ0v) is 12.9. The number of aromatic hydroxyl groups is 3. The second kappa shape index (κ2) is 5.69. The second-order valence-corrected chi connectivity index (χ2v) is 4.99. The van der Waals surface area contributed by atoms with Crippen LogP contribution in [0.2, 0.25) is 0 Å². The summed E-state index contributed by atoms with van der Waals surface area (Å²) in [4.78, 5) is 12.8. The minimum absolute atomic E-state index is 0.0556. The van der Waals surface area contributed by atoms with Crippen molar-refractivity contribution < 1.29 is 29.2 Å². The second-order valence-electron chi connectivity index (χ2n) is 4.99. The topological polar surface area (TPSA) is 109 Å². The SMILES string of the molecule is COc1c(O)c(OC)c2occ(-c3ccc(O)cc3)c(=O)c2c1O. The largest absolute Gasteiger partial charge is 0.508 e. The Morgan fingerprint density at radius 2 is 1.54 bits per heavy atom. The van der Waals surface area contributed by atoms with E-state index >= 15 is 0 Å². The number of rotatable bonds is 3. The number of phenols is 3. The highest BCUT2D eigenvalue weighted by Gasteiger charge is 2.25. The molecule has 3 N–H and O–H groups in total. The molecule has 0 aliphatic heterocycles. The van der Waals surface area contributed by atoms with Crippen LogP contribution in [0.25, 0.3) is 22.1 Å². The van der Waals surface area contributed by atoms with E-state index in [0.717, 1.165) is 0 Å². The molecule has 0 atom stereocenters. The summed E-state index contributed by atoms with van der Waals surface area (Å²) in [6.45, 7) is 0. The Morgan fingerprint density at radius 1 is 0.917 bits per heavy atom. The lowest BCUT2D eigenvalue weighted by Crippen LogP contribution is -2.06. The first-order valence-corrected chi connectivity index (χ1v) is 6.90. The lowest BCUT2D eigenvalue weighted by atomic mass is 10.0. The van der Waals surface area contributed by atoms with Crippen LogP contribution in [0.15, 0.2) is 39.7 Å². The molecule has 0 bridgehead atoms. The van der Waals surface area contributed by atoms with Gasteiger partial charge >= 0.3 is 0 Å². The number of hydrogen-bond donors (Lipinski definition) is 3. The Hall–Kier alpha value is -3.35. The van der Waals surface area contributed by atoms with Gasteiger partial charge in [0.2, 0.25) is 22.7 Å². The predicted octanol–water partition coefficient (Wildman–Crippen LogP) is 2.59. The molecule has 0 saturated heterocycles. The molecule has 0 unspecified atom stereocenters. The summed E-state index contributed by atoms with van der Waals surface area (Å²) in [5, 5.41) is 29.6. The monoisotopic (exact) mass is 330 g/mol. The molecule has 124 valence electrons. The van der Waals surface area contributed by atoms with Crippen molar-refractivity contribution in [2.24, 2.45) is 0 Å². The molecule has 1 aromatic heterocycles. The molecular weight excluding hydrogens is 316 g/mol. The first-order valence-electron chi connectivity index (χ1n) is 6.90. The first kappa shape index (κ1) is 15.5. The summed E-state index contributed by atoms with van der Waals surface area (Å²) >= 11 is 0. The van der Waals surface area contributed by atoms with E-state index in [9.17, 15) is 20.1 Å². The van der Waals surface area contributed by atoms with Gasteiger partial charge < -0.3 is 29.2 Å². The van der Waals surface area contributed by atoms with Gasteiger partial charge in [-0.15, -0.1) is 0 Å². The van der Waals surface area contributed by atoms with Crippen molar-refractivity contribution in [1.29, 1.82) is 0 Å². The third-order valence-corrected chi connectivity index (χ3v) is 3.67. The van der Waals surface area contributed by atoms with E-state index in [0.29, 0.717) is 5.56 Å². The molecule has 3 rings (SSSR count). The third kappa shape index (κ3) is 2.18. The van der Waals surface area contributed by atoms with Gasteiger partial charge in [-0.25, -0.2) is 0 Å². The number of phenolic OH excluding ortho intramolecular Hbond substituents is 3. The highest BCUT2D eigenvalue weighted by Crippen LogP contribution is 2.48. The molecule has 0 fully saturated rings. The van der Waals surface area contributed by atoms with E-state index in [4.69, 9.17) is 13.9 Å². The van der Waals surface area contributed by atoms with Crippen molar-refractivity contribution in [1.82, 2.24) is 0 Å². The summed E-state index contributed by atoms with van der Waals surface area (Å²) in [6.07, 6.45) is 1.20. The highest BCUT2D eigenvalue weighted by atomic mass is 16.5. The molecule has 0 spiro atoms. The molecule has 0 aliphatic rings. The van der Waals surface area contributed by atoms with Gasteiger partial charge in [-0.1, -0.05) is 12.1 Å². The van der Waals surface area contributed by atoms with Gasteiger partial charge in [0.15, 0.2) is 11.3 Å². The van der Waals surface area contributed by atoms with Gasteiger partial charge in [0.25, 0.3) is 0 Å². The molecular formula is C17H14O7. The molecule has 7 heteroatoms. The summed E-state index contributed by atoms with van der Waals surface area (Å²) in [5.41, 5.74) is 0.0401. The minimum atomic E-state index is -0.542. The van der Waals surface area contributed by atoms with Gasteiger partial charge in [0.05, 0.1) is 19.8 Å². The Kier molecular flexibility index (Phi) is 3.69. The van der Waals surface area contributed by atoms with Crippen molar-refractivity contribution in [2.45, 2.75) is 0 Å². The van der Waals surface area contributed by atoms with E-state index in [-0.39, 0.29) is 33.8 Å². The van der Waals surface area contributed by atoms with Crippen LogP contribution >= 0.6 is 0 Å². The van der Waals surface area contributed by atoms with Crippen molar-refractivity contribution in [2.75, 3.05) is 14.2 Å². The lowest BCUT2D eigenvalue weighted by Gasteiger charge is -2.13. The molecule has 3 aromatic rings. The number of methoxy groups -OCH3 is 2. The number of hydrogen-bond acceptors (Lipinski definition) is 7. The van der Waals surface area contributed by atoms with Gasteiger partial charge in [0.1, 0.15) is 17.4 Å². The Bertz CT molecular complexity index is 971. The highest BCUT2D eigenvalue weighted by molar-refractivity contribution is 5.96. The number of benzene rings is 2. The average Bonchev–Trinajstić information content (AvgIpc) is 2.57. The molecule has 0 amide bonds. The van der Waals surface area contributed by atoms with Crippen molar-refractivity contribution in [3.8, 4) is 39.9 Å². The Balaban J connectivity index is 2.41. The summed E-state index contributed by atoms with van der Waals surface area (Å²) in [5.74, 6) is -1.35. The van der Waals surface area contributed by atoms with Crippen LogP contribution in [-0.4, -0.2) is 29.5 Å². The standard InChI is InChI=1S/C17H14O7/c1-22-16-13(20)11-12(19)10(8-3-5-9(18)6-4-8)7-24-15(11)17(23-2)14(16)21/h3-7,18,20-21H,1-2H3. The third-order valence-electron chi connectivity index (χ3n) is 3.67. The minimum Gasteiger partial charge on any atom is -0.508 e. The molecule has 0 aliphatic carbocycles.